The Labute approximate surface area is 120 Å². The molecular weight excluding hydrogens is 253 g/mol. The van der Waals surface area contributed by atoms with Gasteiger partial charge in [0.2, 0.25) is 0 Å². The molecule has 0 aromatic heterocycles. The number of likely N-dealkylation sites (tertiary alicyclic amines) is 1. The van der Waals surface area contributed by atoms with E-state index in [2.05, 4.69) is 4.90 Å². The molecule has 0 amide bonds. The Hall–Kier alpha value is -0.930. The minimum absolute atomic E-state index is 0.225. The molecule has 1 aliphatic heterocycles. The van der Waals surface area contributed by atoms with Gasteiger partial charge in [0.1, 0.15) is 5.82 Å². The zero-order valence-electron chi connectivity index (χ0n) is 12.2. The first kappa shape index (κ1) is 14.0. The molecule has 1 N–H and O–H groups in total. The van der Waals surface area contributed by atoms with E-state index < -0.39 is 6.10 Å². The Morgan fingerprint density at radius 1 is 1.30 bits per heavy atom. The number of aryl methyl sites for hydroxylation is 1. The highest BCUT2D eigenvalue weighted by Gasteiger charge is 2.35. The second-order valence-electron chi connectivity index (χ2n) is 6.52. The van der Waals surface area contributed by atoms with E-state index in [0.717, 1.165) is 18.4 Å². The Bertz CT molecular complexity index is 464. The van der Waals surface area contributed by atoms with Crippen molar-refractivity contribution in [1.82, 2.24) is 4.90 Å². The van der Waals surface area contributed by atoms with Crippen LogP contribution < -0.4 is 0 Å². The second kappa shape index (κ2) is 5.82. The number of benzene rings is 1. The van der Waals surface area contributed by atoms with Crippen molar-refractivity contribution in [3.8, 4) is 0 Å². The van der Waals surface area contributed by atoms with E-state index in [1.54, 1.807) is 13.0 Å². The maximum atomic E-state index is 13.5. The molecule has 3 rings (SSSR count). The van der Waals surface area contributed by atoms with E-state index in [4.69, 9.17) is 0 Å². The molecule has 2 aliphatic rings. The fourth-order valence-electron chi connectivity index (χ4n) is 3.80. The topological polar surface area (TPSA) is 23.5 Å². The lowest BCUT2D eigenvalue weighted by molar-refractivity contribution is 0.146. The van der Waals surface area contributed by atoms with Crippen LogP contribution in [-0.4, -0.2) is 29.6 Å². The molecule has 3 unspecified atom stereocenters. The summed E-state index contributed by atoms with van der Waals surface area (Å²) in [5.74, 6) is 1.56. The predicted octanol–water partition coefficient (Wildman–Crippen LogP) is 3.29. The Morgan fingerprint density at radius 3 is 2.65 bits per heavy atom. The van der Waals surface area contributed by atoms with Crippen LogP contribution in [0, 0.1) is 24.6 Å². The largest absolute Gasteiger partial charge is 0.388 e. The monoisotopic (exact) mass is 277 g/mol. The summed E-state index contributed by atoms with van der Waals surface area (Å²) in [5, 5.41) is 10.2. The third-order valence-corrected chi connectivity index (χ3v) is 5.10. The van der Waals surface area contributed by atoms with Crippen molar-refractivity contribution in [1.29, 1.82) is 0 Å². The van der Waals surface area contributed by atoms with E-state index in [-0.39, 0.29) is 5.82 Å². The summed E-state index contributed by atoms with van der Waals surface area (Å²) in [6.45, 7) is 5.05. The van der Waals surface area contributed by atoms with Gasteiger partial charge in [-0.05, 0) is 55.2 Å². The van der Waals surface area contributed by atoms with Crippen LogP contribution in [0.3, 0.4) is 0 Å². The average Bonchev–Trinajstić information content (AvgIpc) is 3.00. The number of nitrogens with zero attached hydrogens (tertiary/aromatic N) is 1. The van der Waals surface area contributed by atoms with Gasteiger partial charge in [-0.25, -0.2) is 4.39 Å². The van der Waals surface area contributed by atoms with Crippen molar-refractivity contribution in [2.24, 2.45) is 11.8 Å². The molecule has 1 aliphatic carbocycles. The van der Waals surface area contributed by atoms with Gasteiger partial charge in [0.15, 0.2) is 0 Å². The Balaban J connectivity index is 1.52. The maximum Gasteiger partial charge on any atom is 0.126 e. The molecule has 3 heteroatoms. The predicted molar refractivity (Wildman–Crippen MR) is 78.0 cm³/mol. The SMILES string of the molecule is Cc1ccc(C(O)CCN2CC3CCCC3C2)cc1F. The number of halogens is 1. The lowest BCUT2D eigenvalue weighted by Gasteiger charge is -2.19. The van der Waals surface area contributed by atoms with E-state index in [1.807, 2.05) is 6.07 Å². The number of rotatable bonds is 4. The van der Waals surface area contributed by atoms with Gasteiger partial charge in [0.05, 0.1) is 6.10 Å². The number of hydrogen-bond acceptors (Lipinski definition) is 2. The normalized spacial score (nSPS) is 27.8. The van der Waals surface area contributed by atoms with E-state index >= 15 is 0 Å². The lowest BCUT2D eigenvalue weighted by Crippen LogP contribution is -2.24. The zero-order valence-corrected chi connectivity index (χ0v) is 12.2. The van der Waals surface area contributed by atoms with Gasteiger partial charge in [-0.15, -0.1) is 0 Å². The molecule has 1 aromatic rings. The minimum atomic E-state index is -0.550. The molecule has 1 aromatic carbocycles. The van der Waals surface area contributed by atoms with Gasteiger partial charge in [-0.2, -0.15) is 0 Å². The summed E-state index contributed by atoms with van der Waals surface area (Å²) < 4.78 is 13.5. The van der Waals surface area contributed by atoms with E-state index in [9.17, 15) is 9.50 Å². The quantitative estimate of drug-likeness (QED) is 0.913. The lowest BCUT2D eigenvalue weighted by atomic mass is 10.0. The maximum absolute atomic E-state index is 13.5. The van der Waals surface area contributed by atoms with Crippen molar-refractivity contribution in [2.45, 2.75) is 38.7 Å². The van der Waals surface area contributed by atoms with Crippen LogP contribution in [0.4, 0.5) is 4.39 Å². The van der Waals surface area contributed by atoms with Crippen LogP contribution in [0.5, 0.6) is 0 Å². The molecule has 1 saturated carbocycles. The molecule has 0 bridgehead atoms. The third kappa shape index (κ3) is 2.89. The first-order valence-electron chi connectivity index (χ1n) is 7.80. The van der Waals surface area contributed by atoms with E-state index in [1.165, 1.54) is 38.4 Å². The van der Waals surface area contributed by atoms with Gasteiger partial charge in [-0.1, -0.05) is 18.6 Å². The third-order valence-electron chi connectivity index (χ3n) is 5.10. The number of aliphatic hydroxyl groups excluding tert-OH is 1. The first-order chi connectivity index (χ1) is 9.63. The van der Waals surface area contributed by atoms with Gasteiger partial charge < -0.3 is 10.0 Å². The molecule has 2 fully saturated rings. The molecule has 110 valence electrons. The molecule has 3 atom stereocenters. The molecule has 0 spiro atoms. The number of fused-ring (bicyclic) bond motifs is 1. The minimum Gasteiger partial charge on any atom is -0.388 e. The summed E-state index contributed by atoms with van der Waals surface area (Å²) in [4.78, 5) is 2.47. The van der Waals surface area contributed by atoms with Crippen LogP contribution in [0.25, 0.3) is 0 Å². The number of aliphatic hydroxyl groups is 1. The average molecular weight is 277 g/mol. The summed E-state index contributed by atoms with van der Waals surface area (Å²) in [7, 11) is 0. The van der Waals surface area contributed by atoms with Crippen LogP contribution in [-0.2, 0) is 0 Å². The van der Waals surface area contributed by atoms with Crippen molar-refractivity contribution in [2.75, 3.05) is 19.6 Å². The van der Waals surface area contributed by atoms with Gasteiger partial charge >= 0.3 is 0 Å². The van der Waals surface area contributed by atoms with Gasteiger partial charge in [0.25, 0.3) is 0 Å². The van der Waals surface area contributed by atoms with E-state index in [0.29, 0.717) is 17.5 Å². The van der Waals surface area contributed by atoms with Crippen LogP contribution >= 0.6 is 0 Å². The van der Waals surface area contributed by atoms with Crippen molar-refractivity contribution < 1.29 is 9.50 Å². The molecular formula is C17H24FNO. The highest BCUT2D eigenvalue weighted by Crippen LogP contribution is 2.37. The second-order valence-corrected chi connectivity index (χ2v) is 6.52. The van der Waals surface area contributed by atoms with Crippen LogP contribution in [0.15, 0.2) is 18.2 Å². The molecule has 1 heterocycles. The van der Waals surface area contributed by atoms with Crippen molar-refractivity contribution in [3.63, 3.8) is 0 Å². The van der Waals surface area contributed by atoms with Crippen LogP contribution in [0.2, 0.25) is 0 Å². The fourth-order valence-corrected chi connectivity index (χ4v) is 3.80. The summed E-state index contributed by atoms with van der Waals surface area (Å²) in [6.07, 6.45) is 4.31. The molecule has 2 nitrogen and oxygen atoms in total. The summed E-state index contributed by atoms with van der Waals surface area (Å²) >= 11 is 0. The van der Waals surface area contributed by atoms with Crippen LogP contribution in [0.1, 0.15) is 42.9 Å². The first-order valence-corrected chi connectivity index (χ1v) is 7.80. The van der Waals surface area contributed by atoms with Gasteiger partial charge in [0, 0.05) is 19.6 Å². The fraction of sp³-hybridized carbons (Fsp3) is 0.647. The van der Waals surface area contributed by atoms with Crippen molar-refractivity contribution >= 4 is 0 Å². The summed E-state index contributed by atoms with van der Waals surface area (Å²) in [6, 6.07) is 5.05. The standard InChI is InChI=1S/C17H24FNO/c1-12-5-6-13(9-16(12)18)17(20)7-8-19-10-14-3-2-4-15(14)11-19/h5-6,9,14-15,17,20H,2-4,7-8,10-11H2,1H3. The number of hydrogen-bond donors (Lipinski definition) is 1. The Morgan fingerprint density at radius 2 is 2.00 bits per heavy atom. The van der Waals surface area contributed by atoms with Gasteiger partial charge in [-0.3, -0.25) is 0 Å². The summed E-state index contributed by atoms with van der Waals surface area (Å²) in [5.41, 5.74) is 1.33. The highest BCUT2D eigenvalue weighted by molar-refractivity contribution is 5.24. The smallest absolute Gasteiger partial charge is 0.126 e. The van der Waals surface area contributed by atoms with Crippen molar-refractivity contribution in [3.05, 3.63) is 35.1 Å². The highest BCUT2D eigenvalue weighted by atomic mass is 19.1. The molecule has 20 heavy (non-hydrogen) atoms. The Kier molecular flexibility index (Phi) is 4.08. The molecule has 1 saturated heterocycles. The molecule has 0 radical (unpaired) electrons. The zero-order chi connectivity index (χ0) is 14.1.